The van der Waals surface area contributed by atoms with E-state index in [0.717, 1.165) is 11.1 Å². The molecule has 0 saturated heterocycles. The van der Waals surface area contributed by atoms with Crippen molar-refractivity contribution in [3.8, 4) is 5.75 Å². The van der Waals surface area contributed by atoms with Gasteiger partial charge >= 0.3 is 5.97 Å². The Bertz CT molecular complexity index is 558. The van der Waals surface area contributed by atoms with E-state index in [4.69, 9.17) is 15.4 Å². The highest BCUT2D eigenvalue weighted by molar-refractivity contribution is 5.66. The Hall–Kier alpha value is -2.20. The lowest BCUT2D eigenvalue weighted by molar-refractivity contribution is -0.137. The predicted octanol–water partition coefficient (Wildman–Crippen LogP) is 4.21. The van der Waals surface area contributed by atoms with Crippen LogP contribution in [0, 0.1) is 0 Å². The largest absolute Gasteiger partial charge is 0.496 e. The minimum atomic E-state index is -0.918. The fraction of sp³-hybridized carbons (Fsp3) is 0.533. The average molecular weight is 291 g/mol. The summed E-state index contributed by atoms with van der Waals surface area (Å²) in [5, 5.41) is 12.6. The molecule has 1 N–H and O–H groups in total. The van der Waals surface area contributed by atoms with Crippen LogP contribution in [0.1, 0.15) is 50.8 Å². The Labute approximate surface area is 124 Å². The van der Waals surface area contributed by atoms with Gasteiger partial charge in [0.15, 0.2) is 0 Å². The second-order valence-corrected chi connectivity index (χ2v) is 5.86. The molecule has 1 unspecified atom stereocenters. The highest BCUT2D eigenvalue weighted by Crippen LogP contribution is 2.35. The number of benzene rings is 1. The number of nitrogens with zero attached hydrogens (tertiary/aromatic N) is 3. The van der Waals surface area contributed by atoms with Crippen LogP contribution in [0.3, 0.4) is 0 Å². The minimum Gasteiger partial charge on any atom is -0.496 e. The van der Waals surface area contributed by atoms with E-state index >= 15 is 0 Å². The molecule has 0 saturated carbocycles. The molecule has 6 heteroatoms. The van der Waals surface area contributed by atoms with Crippen molar-refractivity contribution in [3.63, 3.8) is 0 Å². The number of hydrogen-bond donors (Lipinski definition) is 1. The maximum Gasteiger partial charge on any atom is 0.303 e. The van der Waals surface area contributed by atoms with Crippen LogP contribution in [0.2, 0.25) is 0 Å². The summed E-state index contributed by atoms with van der Waals surface area (Å²) in [4.78, 5) is 13.6. The maximum atomic E-state index is 10.8. The van der Waals surface area contributed by atoms with Crippen LogP contribution in [-0.2, 0) is 10.2 Å². The summed E-state index contributed by atoms with van der Waals surface area (Å²) >= 11 is 0. The zero-order chi connectivity index (χ0) is 16.0. The third-order valence-corrected chi connectivity index (χ3v) is 3.28. The normalized spacial score (nSPS) is 12.4. The van der Waals surface area contributed by atoms with Gasteiger partial charge in [0.2, 0.25) is 0 Å². The van der Waals surface area contributed by atoms with Gasteiger partial charge < -0.3 is 9.84 Å². The van der Waals surface area contributed by atoms with Gasteiger partial charge in [-0.3, -0.25) is 4.79 Å². The van der Waals surface area contributed by atoms with Crippen LogP contribution >= 0.6 is 0 Å². The number of hydrogen-bond acceptors (Lipinski definition) is 3. The number of carboxylic acids is 1. The average Bonchev–Trinajstić information content (AvgIpc) is 2.41. The van der Waals surface area contributed by atoms with Crippen molar-refractivity contribution in [1.29, 1.82) is 0 Å². The molecule has 1 aromatic carbocycles. The van der Waals surface area contributed by atoms with E-state index in [-0.39, 0.29) is 18.3 Å². The molecule has 0 aromatic heterocycles. The summed E-state index contributed by atoms with van der Waals surface area (Å²) in [7, 11) is 1.54. The maximum absolute atomic E-state index is 10.8. The summed E-state index contributed by atoms with van der Waals surface area (Å²) in [5.74, 6) is -0.315. The van der Waals surface area contributed by atoms with Crippen LogP contribution in [0.25, 0.3) is 10.4 Å². The van der Waals surface area contributed by atoms with E-state index in [2.05, 4.69) is 30.8 Å². The van der Waals surface area contributed by atoms with E-state index < -0.39 is 12.0 Å². The molecule has 0 spiro atoms. The lowest BCUT2D eigenvalue weighted by atomic mass is 9.85. The zero-order valence-corrected chi connectivity index (χ0v) is 12.8. The number of carboxylic acid groups (broad SMARTS) is 1. The first kappa shape index (κ1) is 16.9. The Morgan fingerprint density at radius 3 is 2.62 bits per heavy atom. The standard InChI is InChI=1S/C15H21N3O3/c1-15(2,3)10-5-7-13(21-4)11(9-10)12(17-18-16)6-8-14(19)20/h5,7,9,12H,6,8H2,1-4H3,(H,19,20). The lowest BCUT2D eigenvalue weighted by Crippen LogP contribution is -2.12. The topological polar surface area (TPSA) is 95.3 Å². The number of azide groups is 1. The molecule has 0 aliphatic rings. The molecule has 0 amide bonds. The van der Waals surface area contributed by atoms with Crippen LogP contribution in [0.5, 0.6) is 5.75 Å². The van der Waals surface area contributed by atoms with Gasteiger partial charge in [-0.2, -0.15) is 0 Å². The van der Waals surface area contributed by atoms with Crippen molar-refractivity contribution in [2.45, 2.75) is 45.1 Å². The number of methoxy groups -OCH3 is 1. The first-order valence-corrected chi connectivity index (χ1v) is 6.74. The summed E-state index contributed by atoms with van der Waals surface area (Å²) in [6.07, 6.45) is 0.177. The zero-order valence-electron chi connectivity index (χ0n) is 12.8. The SMILES string of the molecule is COc1ccc(C(C)(C)C)cc1C(CCC(=O)O)N=[N+]=[N-]. The first-order valence-electron chi connectivity index (χ1n) is 6.74. The summed E-state index contributed by atoms with van der Waals surface area (Å²) in [6.45, 7) is 6.25. The molecule has 0 radical (unpaired) electrons. The van der Waals surface area contributed by atoms with Crippen molar-refractivity contribution in [3.05, 3.63) is 39.8 Å². The number of ether oxygens (including phenoxy) is 1. The quantitative estimate of drug-likeness (QED) is 0.483. The minimum absolute atomic E-state index is 0.0608. The van der Waals surface area contributed by atoms with Gasteiger partial charge in [0.1, 0.15) is 5.75 Å². The van der Waals surface area contributed by atoms with Gasteiger partial charge in [0, 0.05) is 16.9 Å². The van der Waals surface area contributed by atoms with Gasteiger partial charge in [-0.25, -0.2) is 0 Å². The van der Waals surface area contributed by atoms with E-state index in [1.165, 1.54) is 0 Å². The van der Waals surface area contributed by atoms with Crippen LogP contribution in [0.15, 0.2) is 23.3 Å². The second-order valence-electron chi connectivity index (χ2n) is 5.86. The van der Waals surface area contributed by atoms with Gasteiger partial charge in [-0.1, -0.05) is 38.0 Å². The molecule has 114 valence electrons. The van der Waals surface area contributed by atoms with Crippen LogP contribution in [-0.4, -0.2) is 18.2 Å². The Morgan fingerprint density at radius 1 is 1.48 bits per heavy atom. The highest BCUT2D eigenvalue weighted by Gasteiger charge is 2.20. The molecular formula is C15H21N3O3. The van der Waals surface area contributed by atoms with Crippen molar-refractivity contribution >= 4 is 5.97 Å². The molecular weight excluding hydrogens is 270 g/mol. The molecule has 0 aliphatic heterocycles. The Morgan fingerprint density at radius 2 is 2.14 bits per heavy atom. The lowest BCUT2D eigenvalue weighted by Gasteiger charge is -2.23. The van der Waals surface area contributed by atoms with Crippen molar-refractivity contribution in [2.75, 3.05) is 7.11 Å². The number of carbonyl (C=O) groups is 1. The Balaban J connectivity index is 3.26. The van der Waals surface area contributed by atoms with Gasteiger partial charge in [0.05, 0.1) is 13.2 Å². The summed E-state index contributed by atoms with van der Waals surface area (Å²) in [5.41, 5.74) is 10.5. The molecule has 0 bridgehead atoms. The van der Waals surface area contributed by atoms with Gasteiger partial charge in [-0.15, -0.1) is 0 Å². The molecule has 0 aliphatic carbocycles. The summed E-state index contributed by atoms with van der Waals surface area (Å²) < 4.78 is 5.32. The van der Waals surface area contributed by atoms with Crippen molar-refractivity contribution < 1.29 is 14.6 Å². The molecule has 1 aromatic rings. The molecule has 1 rings (SSSR count). The molecule has 0 heterocycles. The van der Waals surface area contributed by atoms with E-state index in [9.17, 15) is 4.79 Å². The fourth-order valence-electron chi connectivity index (χ4n) is 2.06. The summed E-state index contributed by atoms with van der Waals surface area (Å²) in [6, 6.07) is 5.17. The molecule has 21 heavy (non-hydrogen) atoms. The molecule has 0 fully saturated rings. The van der Waals surface area contributed by atoms with E-state index in [1.807, 2.05) is 18.2 Å². The van der Waals surface area contributed by atoms with E-state index in [1.54, 1.807) is 7.11 Å². The third-order valence-electron chi connectivity index (χ3n) is 3.28. The van der Waals surface area contributed by atoms with Gasteiger partial charge in [-0.05, 0) is 29.0 Å². The second kappa shape index (κ2) is 6.99. The highest BCUT2D eigenvalue weighted by atomic mass is 16.5. The number of rotatable bonds is 6. The Kier molecular flexibility index (Phi) is 5.61. The van der Waals surface area contributed by atoms with Crippen molar-refractivity contribution in [2.24, 2.45) is 5.11 Å². The van der Waals surface area contributed by atoms with Crippen LogP contribution < -0.4 is 4.74 Å². The van der Waals surface area contributed by atoms with E-state index in [0.29, 0.717) is 5.75 Å². The first-order chi connectivity index (χ1) is 9.79. The monoisotopic (exact) mass is 291 g/mol. The fourth-order valence-corrected chi connectivity index (χ4v) is 2.06. The molecule has 6 nitrogen and oxygen atoms in total. The van der Waals surface area contributed by atoms with Gasteiger partial charge in [0.25, 0.3) is 0 Å². The third kappa shape index (κ3) is 4.68. The predicted molar refractivity (Wildman–Crippen MR) is 80.5 cm³/mol. The van der Waals surface area contributed by atoms with Crippen LogP contribution in [0.4, 0.5) is 0 Å². The molecule has 1 atom stereocenters. The smallest absolute Gasteiger partial charge is 0.303 e. The number of aliphatic carboxylic acids is 1. The van der Waals surface area contributed by atoms with Crippen molar-refractivity contribution in [1.82, 2.24) is 0 Å².